The normalized spacial score (nSPS) is 11.6. The van der Waals surface area contributed by atoms with Gasteiger partial charge in [-0.3, -0.25) is 0 Å². The number of alkyl halides is 5. The van der Waals surface area contributed by atoms with Crippen molar-refractivity contribution in [3.63, 3.8) is 0 Å². The van der Waals surface area contributed by atoms with Crippen molar-refractivity contribution in [1.82, 2.24) is 9.97 Å². The zero-order valence-corrected chi connectivity index (χ0v) is 8.43. The van der Waals surface area contributed by atoms with Crippen molar-refractivity contribution < 1.29 is 22.0 Å². The summed E-state index contributed by atoms with van der Waals surface area (Å²) in [5.74, 6) is -0.163. The Morgan fingerprint density at radius 1 is 1.29 bits per heavy atom. The monoisotopic (exact) mass is 253 g/mol. The number of nitrogens with zero attached hydrogens (tertiary/aromatic N) is 2. The molecule has 1 heterocycles. The molecule has 3 nitrogen and oxygen atoms in total. The molecule has 0 unspecified atom stereocenters. The SMILES string of the molecule is C=C(c1cnc(NCC(F)F)nc1)C(F)(F)F. The molecule has 0 fully saturated rings. The Morgan fingerprint density at radius 2 is 1.82 bits per heavy atom. The Hall–Kier alpha value is -1.73. The molecule has 0 aromatic carbocycles. The third-order valence-electron chi connectivity index (χ3n) is 1.76. The third-order valence-corrected chi connectivity index (χ3v) is 1.76. The quantitative estimate of drug-likeness (QED) is 0.838. The predicted octanol–water partition coefficient (Wildman–Crippen LogP) is 2.73. The van der Waals surface area contributed by atoms with E-state index in [1.807, 2.05) is 0 Å². The summed E-state index contributed by atoms with van der Waals surface area (Å²) in [6.45, 7) is 2.19. The first kappa shape index (κ1) is 13.3. The first-order chi connectivity index (χ1) is 7.80. The van der Waals surface area contributed by atoms with Gasteiger partial charge in [0.05, 0.1) is 12.1 Å². The number of rotatable bonds is 4. The van der Waals surface area contributed by atoms with E-state index in [2.05, 4.69) is 21.9 Å². The Morgan fingerprint density at radius 3 is 2.24 bits per heavy atom. The summed E-state index contributed by atoms with van der Waals surface area (Å²) in [5.41, 5.74) is -1.39. The molecule has 8 heteroatoms. The lowest BCUT2D eigenvalue weighted by Crippen LogP contribution is -2.13. The molecule has 0 saturated carbocycles. The average Bonchev–Trinajstić information content (AvgIpc) is 2.25. The van der Waals surface area contributed by atoms with Crippen molar-refractivity contribution in [2.75, 3.05) is 11.9 Å². The molecule has 0 amide bonds. The molecule has 0 saturated heterocycles. The lowest BCUT2D eigenvalue weighted by molar-refractivity contribution is -0.0687. The number of anilines is 1. The molecule has 1 aromatic heterocycles. The first-order valence-corrected chi connectivity index (χ1v) is 4.41. The van der Waals surface area contributed by atoms with E-state index in [0.29, 0.717) is 0 Å². The molecule has 1 aromatic rings. The van der Waals surface area contributed by atoms with E-state index in [1.54, 1.807) is 0 Å². The Bertz CT molecular complexity index is 385. The van der Waals surface area contributed by atoms with Gasteiger partial charge >= 0.3 is 6.18 Å². The van der Waals surface area contributed by atoms with E-state index in [0.717, 1.165) is 12.4 Å². The molecule has 1 rings (SSSR count). The minimum Gasteiger partial charge on any atom is -0.348 e. The van der Waals surface area contributed by atoms with Gasteiger partial charge in [-0.05, 0) is 0 Å². The van der Waals surface area contributed by atoms with Crippen LogP contribution in [0.3, 0.4) is 0 Å². The van der Waals surface area contributed by atoms with Crippen LogP contribution in [0.2, 0.25) is 0 Å². The second-order valence-electron chi connectivity index (χ2n) is 3.04. The molecular formula is C9H8F5N3. The molecule has 0 aliphatic rings. The molecular weight excluding hydrogens is 245 g/mol. The summed E-state index contributed by atoms with van der Waals surface area (Å²) >= 11 is 0. The van der Waals surface area contributed by atoms with Crippen LogP contribution in [-0.4, -0.2) is 29.1 Å². The van der Waals surface area contributed by atoms with Crippen LogP contribution in [0.4, 0.5) is 27.9 Å². The van der Waals surface area contributed by atoms with Crippen molar-refractivity contribution in [2.24, 2.45) is 0 Å². The van der Waals surface area contributed by atoms with Gasteiger partial charge in [0.2, 0.25) is 5.95 Å². The maximum Gasteiger partial charge on any atom is 0.416 e. The molecule has 0 atom stereocenters. The van der Waals surface area contributed by atoms with Crippen molar-refractivity contribution >= 4 is 11.5 Å². The van der Waals surface area contributed by atoms with Gasteiger partial charge in [-0.25, -0.2) is 18.7 Å². The minimum absolute atomic E-state index is 0.163. The first-order valence-electron chi connectivity index (χ1n) is 4.41. The van der Waals surface area contributed by atoms with Gasteiger partial charge in [0.1, 0.15) is 0 Å². The third kappa shape index (κ3) is 3.97. The van der Waals surface area contributed by atoms with E-state index in [4.69, 9.17) is 0 Å². The second kappa shape index (κ2) is 5.07. The van der Waals surface area contributed by atoms with E-state index in [-0.39, 0.29) is 11.5 Å². The lowest BCUT2D eigenvalue weighted by atomic mass is 10.1. The number of aromatic nitrogens is 2. The highest BCUT2D eigenvalue weighted by Crippen LogP contribution is 2.31. The number of allylic oxidation sites excluding steroid dienone is 1. The number of hydrogen-bond donors (Lipinski definition) is 1. The van der Waals surface area contributed by atoms with Crippen LogP contribution < -0.4 is 5.32 Å². The summed E-state index contributed by atoms with van der Waals surface area (Å²) in [6, 6.07) is 0. The molecule has 1 N–H and O–H groups in total. The largest absolute Gasteiger partial charge is 0.416 e. The Kier molecular flexibility index (Phi) is 3.97. The van der Waals surface area contributed by atoms with Gasteiger partial charge in [-0.1, -0.05) is 6.58 Å². The zero-order chi connectivity index (χ0) is 13.1. The maximum absolute atomic E-state index is 12.2. The minimum atomic E-state index is -4.57. The highest BCUT2D eigenvalue weighted by molar-refractivity contribution is 5.66. The van der Waals surface area contributed by atoms with Gasteiger partial charge in [0.15, 0.2) is 0 Å². The number of halogens is 5. The summed E-state index contributed by atoms with van der Waals surface area (Å²) in [5, 5.41) is 2.17. The van der Waals surface area contributed by atoms with Crippen LogP contribution in [0.25, 0.3) is 5.57 Å². The van der Waals surface area contributed by atoms with Gasteiger partial charge in [0, 0.05) is 18.0 Å². The van der Waals surface area contributed by atoms with E-state index < -0.39 is 24.7 Å². The fraction of sp³-hybridized carbons (Fsp3) is 0.333. The van der Waals surface area contributed by atoms with Crippen LogP contribution in [0, 0.1) is 0 Å². The number of hydrogen-bond acceptors (Lipinski definition) is 3. The fourth-order valence-electron chi connectivity index (χ4n) is 0.907. The standard InChI is InChI=1S/C9H8F5N3/c1-5(9(12,13)14)6-2-15-8(16-3-6)17-4-7(10)11/h2-3,7H,1,4H2,(H,15,16,17). The van der Waals surface area contributed by atoms with E-state index >= 15 is 0 Å². The highest BCUT2D eigenvalue weighted by Gasteiger charge is 2.33. The van der Waals surface area contributed by atoms with Crippen molar-refractivity contribution in [2.45, 2.75) is 12.6 Å². The predicted molar refractivity (Wildman–Crippen MR) is 51.6 cm³/mol. The summed E-state index contributed by atoms with van der Waals surface area (Å²) in [7, 11) is 0. The van der Waals surface area contributed by atoms with Crippen molar-refractivity contribution in [3.05, 3.63) is 24.5 Å². The summed E-state index contributed by atoms with van der Waals surface area (Å²) in [4.78, 5) is 6.94. The van der Waals surface area contributed by atoms with Crippen LogP contribution in [-0.2, 0) is 0 Å². The maximum atomic E-state index is 12.2. The Balaban J connectivity index is 2.71. The topological polar surface area (TPSA) is 37.8 Å². The van der Waals surface area contributed by atoms with Crippen LogP contribution in [0.15, 0.2) is 19.0 Å². The second-order valence-corrected chi connectivity index (χ2v) is 3.04. The average molecular weight is 253 g/mol. The molecule has 0 spiro atoms. The smallest absolute Gasteiger partial charge is 0.348 e. The van der Waals surface area contributed by atoms with Crippen molar-refractivity contribution in [1.29, 1.82) is 0 Å². The Labute approximate surface area is 93.4 Å². The molecule has 0 radical (unpaired) electrons. The van der Waals surface area contributed by atoms with Gasteiger partial charge < -0.3 is 5.32 Å². The van der Waals surface area contributed by atoms with Crippen molar-refractivity contribution in [3.8, 4) is 0 Å². The number of nitrogens with one attached hydrogen (secondary N) is 1. The summed E-state index contributed by atoms with van der Waals surface area (Å²) < 4.78 is 60.3. The fourth-order valence-corrected chi connectivity index (χ4v) is 0.907. The lowest BCUT2D eigenvalue weighted by Gasteiger charge is -2.10. The van der Waals surface area contributed by atoms with Gasteiger partial charge in [-0.2, -0.15) is 13.2 Å². The van der Waals surface area contributed by atoms with Crippen LogP contribution in [0.1, 0.15) is 5.56 Å². The molecule has 0 aliphatic carbocycles. The van der Waals surface area contributed by atoms with Gasteiger partial charge in [0.25, 0.3) is 6.43 Å². The highest BCUT2D eigenvalue weighted by atomic mass is 19.4. The molecule has 0 bridgehead atoms. The van der Waals surface area contributed by atoms with Gasteiger partial charge in [-0.15, -0.1) is 0 Å². The van der Waals surface area contributed by atoms with E-state index in [1.165, 1.54) is 0 Å². The molecule has 0 aliphatic heterocycles. The van der Waals surface area contributed by atoms with Crippen LogP contribution in [0.5, 0.6) is 0 Å². The zero-order valence-electron chi connectivity index (χ0n) is 8.43. The molecule has 17 heavy (non-hydrogen) atoms. The van der Waals surface area contributed by atoms with E-state index in [9.17, 15) is 22.0 Å². The molecule has 94 valence electrons. The van der Waals surface area contributed by atoms with Crippen LogP contribution >= 0.6 is 0 Å². The summed E-state index contributed by atoms with van der Waals surface area (Å²) in [6.07, 6.45) is -5.42.